The van der Waals surface area contributed by atoms with Gasteiger partial charge in [-0.3, -0.25) is 4.98 Å². The molecule has 5 rings (SSSR count). The van der Waals surface area contributed by atoms with Gasteiger partial charge in [-0.15, -0.1) is 0 Å². The molecule has 0 radical (unpaired) electrons. The number of quaternary nitrogens is 1. The molecule has 0 atom stereocenters. The average Bonchev–Trinajstić information content (AvgIpc) is 3.09. The second kappa shape index (κ2) is 7.23. The van der Waals surface area contributed by atoms with Crippen molar-refractivity contribution in [3.63, 3.8) is 0 Å². The molecule has 28 heavy (non-hydrogen) atoms. The third-order valence-corrected chi connectivity index (χ3v) is 5.95. The number of hydrogen-bond donors (Lipinski definition) is 2. The van der Waals surface area contributed by atoms with Crippen molar-refractivity contribution in [3.05, 3.63) is 96.3 Å². The number of aromatic nitrogens is 1. The molecule has 2 N–H and O–H groups in total. The predicted octanol–water partition coefficient (Wildman–Crippen LogP) is 2.53. The first-order chi connectivity index (χ1) is 13.8. The molecule has 2 aromatic carbocycles. The van der Waals surface area contributed by atoms with E-state index in [1.54, 1.807) is 11.1 Å². The van der Waals surface area contributed by atoms with Gasteiger partial charge in [-0.05, 0) is 23.3 Å². The molecular weight excluding hydrogens is 344 g/mol. The lowest BCUT2D eigenvalue weighted by atomic mass is 10.0. The van der Waals surface area contributed by atoms with Crippen molar-refractivity contribution in [2.24, 2.45) is 0 Å². The fraction of sp³-hybridized carbons (Fsp3) is 0.208. The van der Waals surface area contributed by atoms with Gasteiger partial charge < -0.3 is 10.3 Å². The summed E-state index contributed by atoms with van der Waals surface area (Å²) in [6.45, 7) is 8.36. The highest BCUT2D eigenvalue weighted by molar-refractivity contribution is 5.77. The van der Waals surface area contributed by atoms with Crippen LogP contribution < -0.4 is 10.3 Å². The zero-order chi connectivity index (χ0) is 18.9. The van der Waals surface area contributed by atoms with E-state index >= 15 is 0 Å². The maximum atomic E-state index is 4.18. The molecule has 1 saturated heterocycles. The molecule has 2 aliphatic rings. The van der Waals surface area contributed by atoms with Gasteiger partial charge in [0.15, 0.2) is 0 Å². The highest BCUT2D eigenvalue weighted by atomic mass is 15.5. The van der Waals surface area contributed by atoms with Crippen molar-refractivity contribution in [2.75, 3.05) is 26.2 Å². The average molecular weight is 369 g/mol. The number of fused-ring (bicyclic) bond motifs is 3. The van der Waals surface area contributed by atoms with Crippen LogP contribution in [-0.4, -0.2) is 36.2 Å². The molecule has 1 aliphatic heterocycles. The number of nitrogens with one attached hydrogen (secondary N) is 2. The minimum Gasteiger partial charge on any atom is -0.323 e. The van der Waals surface area contributed by atoms with E-state index in [4.69, 9.17) is 0 Å². The van der Waals surface area contributed by atoms with Crippen LogP contribution in [0.15, 0.2) is 79.6 Å². The molecule has 4 heteroatoms. The Morgan fingerprint density at radius 1 is 0.929 bits per heavy atom. The van der Waals surface area contributed by atoms with Gasteiger partial charge in [-0.2, -0.15) is 0 Å². The number of piperazine rings is 1. The van der Waals surface area contributed by atoms with E-state index in [1.165, 1.54) is 22.3 Å². The summed E-state index contributed by atoms with van der Waals surface area (Å²) in [5.74, 6) is 0. The standard InChI is InChI=1S/C24H24N4/c1-18(19-7-6-12-25-17-19)26-28-15-13-27(14-16-28)24-22-10-4-2-8-20(22)21-9-3-5-11-23(21)24/h2-12,17,24,26H,1,13-16H2/p+1. The van der Waals surface area contributed by atoms with Gasteiger partial charge in [0, 0.05) is 29.1 Å². The molecule has 0 spiro atoms. The summed E-state index contributed by atoms with van der Waals surface area (Å²) in [7, 11) is 0. The Bertz CT molecular complexity index is 945. The van der Waals surface area contributed by atoms with Crippen molar-refractivity contribution >= 4 is 5.70 Å². The van der Waals surface area contributed by atoms with E-state index in [0.29, 0.717) is 6.04 Å². The molecule has 0 saturated carbocycles. The lowest BCUT2D eigenvalue weighted by Gasteiger charge is -2.36. The number of pyridine rings is 1. The molecule has 3 aromatic rings. The van der Waals surface area contributed by atoms with Gasteiger partial charge >= 0.3 is 0 Å². The normalized spacial score (nSPS) is 17.1. The molecule has 140 valence electrons. The van der Waals surface area contributed by atoms with Crippen molar-refractivity contribution in [1.29, 1.82) is 0 Å². The maximum Gasteiger partial charge on any atom is 0.140 e. The van der Waals surface area contributed by atoms with Crippen LogP contribution in [-0.2, 0) is 0 Å². The Balaban J connectivity index is 1.30. The van der Waals surface area contributed by atoms with E-state index in [-0.39, 0.29) is 0 Å². The largest absolute Gasteiger partial charge is 0.323 e. The van der Waals surface area contributed by atoms with Crippen LogP contribution >= 0.6 is 0 Å². The van der Waals surface area contributed by atoms with E-state index in [2.05, 4.69) is 70.5 Å². The first-order valence-corrected chi connectivity index (χ1v) is 9.95. The molecule has 0 bridgehead atoms. The van der Waals surface area contributed by atoms with E-state index < -0.39 is 0 Å². The second-order valence-electron chi connectivity index (χ2n) is 7.58. The van der Waals surface area contributed by atoms with Crippen molar-refractivity contribution in [1.82, 2.24) is 15.4 Å². The summed E-state index contributed by atoms with van der Waals surface area (Å²) in [4.78, 5) is 5.82. The summed E-state index contributed by atoms with van der Waals surface area (Å²) in [6.07, 6.45) is 3.64. The van der Waals surface area contributed by atoms with Crippen molar-refractivity contribution in [2.45, 2.75) is 6.04 Å². The molecule has 1 aliphatic carbocycles. The highest BCUT2D eigenvalue weighted by Crippen LogP contribution is 2.41. The molecule has 0 amide bonds. The highest BCUT2D eigenvalue weighted by Gasteiger charge is 2.37. The smallest absolute Gasteiger partial charge is 0.140 e. The van der Waals surface area contributed by atoms with Crippen molar-refractivity contribution in [3.8, 4) is 11.1 Å². The van der Waals surface area contributed by atoms with Gasteiger partial charge in [0.05, 0.1) is 31.9 Å². The fourth-order valence-electron chi connectivity index (χ4n) is 4.59. The maximum absolute atomic E-state index is 4.18. The second-order valence-corrected chi connectivity index (χ2v) is 7.58. The number of rotatable bonds is 4. The topological polar surface area (TPSA) is 32.6 Å². The molecule has 2 heterocycles. The number of hydrogen-bond acceptors (Lipinski definition) is 3. The van der Waals surface area contributed by atoms with Gasteiger partial charge in [0.25, 0.3) is 0 Å². The molecule has 1 fully saturated rings. The zero-order valence-corrected chi connectivity index (χ0v) is 15.9. The zero-order valence-electron chi connectivity index (χ0n) is 15.9. The van der Waals surface area contributed by atoms with Crippen molar-refractivity contribution < 1.29 is 4.90 Å². The first-order valence-electron chi connectivity index (χ1n) is 9.95. The summed E-state index contributed by atoms with van der Waals surface area (Å²) >= 11 is 0. The first kappa shape index (κ1) is 17.2. The Morgan fingerprint density at radius 3 is 2.18 bits per heavy atom. The van der Waals surface area contributed by atoms with Gasteiger partial charge in [0.2, 0.25) is 0 Å². The fourth-order valence-corrected chi connectivity index (χ4v) is 4.59. The summed E-state index contributed by atoms with van der Waals surface area (Å²) in [5, 5.41) is 2.28. The third kappa shape index (κ3) is 3.01. The van der Waals surface area contributed by atoms with Gasteiger partial charge in [-0.25, -0.2) is 5.01 Å². The van der Waals surface area contributed by atoms with E-state index in [1.807, 2.05) is 18.3 Å². The van der Waals surface area contributed by atoms with Crippen LogP contribution in [0.3, 0.4) is 0 Å². The SMILES string of the molecule is C=C(NN1CC[NH+](C2c3ccccc3-c3ccccc32)CC1)c1cccnc1. The summed E-state index contributed by atoms with van der Waals surface area (Å²) in [5.41, 5.74) is 11.2. The van der Waals surface area contributed by atoms with Crippen LogP contribution in [0, 0.1) is 0 Å². The minimum absolute atomic E-state index is 0.441. The van der Waals surface area contributed by atoms with Gasteiger partial charge in [0.1, 0.15) is 6.04 Å². The Morgan fingerprint density at radius 2 is 1.57 bits per heavy atom. The van der Waals surface area contributed by atoms with Crippen LogP contribution in [0.4, 0.5) is 0 Å². The Hall–Kier alpha value is -2.95. The number of nitrogens with zero attached hydrogens (tertiary/aromatic N) is 2. The monoisotopic (exact) mass is 369 g/mol. The molecule has 4 nitrogen and oxygen atoms in total. The lowest BCUT2D eigenvalue weighted by Crippen LogP contribution is -3.15. The summed E-state index contributed by atoms with van der Waals surface area (Å²) < 4.78 is 0. The quantitative estimate of drug-likeness (QED) is 0.741. The number of benzene rings is 2. The van der Waals surface area contributed by atoms with Crippen LogP contribution in [0.2, 0.25) is 0 Å². The van der Waals surface area contributed by atoms with E-state index in [9.17, 15) is 0 Å². The van der Waals surface area contributed by atoms with Crippen LogP contribution in [0.5, 0.6) is 0 Å². The third-order valence-electron chi connectivity index (χ3n) is 5.95. The lowest BCUT2D eigenvalue weighted by molar-refractivity contribution is -0.929. The predicted molar refractivity (Wildman–Crippen MR) is 112 cm³/mol. The number of hydrazine groups is 1. The Kier molecular flexibility index (Phi) is 4.43. The van der Waals surface area contributed by atoms with Crippen LogP contribution in [0.25, 0.3) is 16.8 Å². The van der Waals surface area contributed by atoms with Gasteiger partial charge in [-0.1, -0.05) is 55.1 Å². The molecule has 0 unspecified atom stereocenters. The Labute approximate surface area is 166 Å². The summed E-state index contributed by atoms with van der Waals surface area (Å²) in [6, 6.07) is 22.2. The van der Waals surface area contributed by atoms with E-state index in [0.717, 1.165) is 37.4 Å². The van der Waals surface area contributed by atoms with Crippen LogP contribution in [0.1, 0.15) is 22.7 Å². The minimum atomic E-state index is 0.441. The molecule has 1 aromatic heterocycles. The molecular formula is C24H25N4+.